The lowest BCUT2D eigenvalue weighted by Crippen LogP contribution is -2.15. The van der Waals surface area contributed by atoms with E-state index in [0.717, 1.165) is 0 Å². The number of rotatable bonds is 8. The van der Waals surface area contributed by atoms with Crippen LogP contribution in [0.4, 0.5) is 0 Å². The molecule has 0 saturated heterocycles. The summed E-state index contributed by atoms with van der Waals surface area (Å²) in [5.74, 6) is 0.606. The van der Waals surface area contributed by atoms with Gasteiger partial charge in [-0.05, 0) is 49.4 Å². The van der Waals surface area contributed by atoms with Gasteiger partial charge < -0.3 is 18.9 Å². The van der Waals surface area contributed by atoms with Crippen molar-refractivity contribution in [3.8, 4) is 17.2 Å². The van der Waals surface area contributed by atoms with Crippen LogP contribution in [-0.2, 0) is 4.74 Å². The van der Waals surface area contributed by atoms with Gasteiger partial charge in [0.05, 0.1) is 32.0 Å². The molecule has 2 rings (SSSR count). The van der Waals surface area contributed by atoms with Crippen LogP contribution in [0.3, 0.4) is 0 Å². The Hall–Kier alpha value is -3.02. The molecule has 0 saturated carbocycles. The van der Waals surface area contributed by atoms with E-state index in [1.54, 1.807) is 42.5 Å². The van der Waals surface area contributed by atoms with Gasteiger partial charge in [-0.2, -0.15) is 0 Å². The summed E-state index contributed by atoms with van der Waals surface area (Å²) in [6.45, 7) is 2.02. The molecule has 0 radical (unpaired) electrons. The van der Waals surface area contributed by atoms with E-state index in [1.807, 2.05) is 6.92 Å². The molecule has 6 nitrogen and oxygen atoms in total. The Labute approximate surface area is 146 Å². The molecule has 25 heavy (non-hydrogen) atoms. The zero-order valence-corrected chi connectivity index (χ0v) is 14.4. The maximum absolute atomic E-state index is 12.3. The van der Waals surface area contributed by atoms with E-state index in [2.05, 4.69) is 0 Å². The van der Waals surface area contributed by atoms with Crippen LogP contribution in [0, 0.1) is 0 Å². The van der Waals surface area contributed by atoms with Gasteiger partial charge >= 0.3 is 5.97 Å². The minimum absolute atomic E-state index is 0.293. The fourth-order valence-corrected chi connectivity index (χ4v) is 2.18. The fourth-order valence-electron chi connectivity index (χ4n) is 2.18. The number of hydrogen-bond donors (Lipinski definition) is 0. The van der Waals surface area contributed by atoms with Crippen molar-refractivity contribution in [1.82, 2.24) is 0 Å². The molecule has 0 spiro atoms. The summed E-state index contributed by atoms with van der Waals surface area (Å²) < 4.78 is 20.7. The second-order valence-corrected chi connectivity index (χ2v) is 5.02. The SMILES string of the molecule is CCOc1ccc(C(=O)OCC(=O)c2cc(OC)ccc2OC)cc1. The number of hydrogen-bond acceptors (Lipinski definition) is 6. The first-order valence-corrected chi connectivity index (χ1v) is 7.74. The van der Waals surface area contributed by atoms with E-state index in [-0.39, 0.29) is 5.78 Å². The number of benzene rings is 2. The molecule has 0 N–H and O–H groups in total. The molecular weight excluding hydrogens is 324 g/mol. The summed E-state index contributed by atoms with van der Waals surface area (Å²) in [6.07, 6.45) is 0. The number of carbonyl (C=O) groups excluding carboxylic acids is 2. The van der Waals surface area contributed by atoms with Gasteiger partial charge in [-0.25, -0.2) is 4.79 Å². The van der Waals surface area contributed by atoms with E-state index < -0.39 is 12.6 Å². The highest BCUT2D eigenvalue weighted by molar-refractivity contribution is 6.01. The Bertz CT molecular complexity index is 736. The van der Waals surface area contributed by atoms with Crippen molar-refractivity contribution in [2.45, 2.75) is 6.92 Å². The van der Waals surface area contributed by atoms with Crippen LogP contribution in [0.5, 0.6) is 17.2 Å². The Morgan fingerprint density at radius 3 is 2.20 bits per heavy atom. The molecule has 0 heterocycles. The second kappa shape index (κ2) is 8.73. The number of carbonyl (C=O) groups is 2. The van der Waals surface area contributed by atoms with Gasteiger partial charge in [0.25, 0.3) is 0 Å². The standard InChI is InChI=1S/C19H20O6/c1-4-24-14-7-5-13(6-8-14)19(21)25-12-17(20)16-11-15(22-2)9-10-18(16)23-3/h5-11H,4,12H2,1-3H3. The molecule has 0 aliphatic rings. The smallest absolute Gasteiger partial charge is 0.338 e. The van der Waals surface area contributed by atoms with E-state index in [1.165, 1.54) is 14.2 Å². The average molecular weight is 344 g/mol. The number of ether oxygens (including phenoxy) is 4. The third kappa shape index (κ3) is 4.73. The first-order valence-electron chi connectivity index (χ1n) is 7.74. The molecule has 0 aromatic heterocycles. The molecule has 0 fully saturated rings. The van der Waals surface area contributed by atoms with E-state index >= 15 is 0 Å². The van der Waals surface area contributed by atoms with Crippen LogP contribution >= 0.6 is 0 Å². The fraction of sp³-hybridized carbons (Fsp3) is 0.263. The van der Waals surface area contributed by atoms with Crippen LogP contribution in [0.1, 0.15) is 27.6 Å². The van der Waals surface area contributed by atoms with Gasteiger partial charge in [-0.3, -0.25) is 4.79 Å². The van der Waals surface area contributed by atoms with Crippen molar-refractivity contribution >= 4 is 11.8 Å². The number of Topliss-reactive ketones (excluding diaryl/α,β-unsaturated/α-hetero) is 1. The minimum Gasteiger partial charge on any atom is -0.497 e. The Kier molecular flexibility index (Phi) is 6.39. The maximum Gasteiger partial charge on any atom is 0.338 e. The number of methoxy groups -OCH3 is 2. The second-order valence-electron chi connectivity index (χ2n) is 5.02. The van der Waals surface area contributed by atoms with Gasteiger partial charge in [0.2, 0.25) is 5.78 Å². The van der Waals surface area contributed by atoms with Crippen LogP contribution in [0.25, 0.3) is 0 Å². The van der Waals surface area contributed by atoms with Crippen molar-refractivity contribution in [3.63, 3.8) is 0 Å². The zero-order valence-electron chi connectivity index (χ0n) is 14.4. The topological polar surface area (TPSA) is 71.1 Å². The van der Waals surface area contributed by atoms with E-state index in [0.29, 0.717) is 35.0 Å². The lowest BCUT2D eigenvalue weighted by molar-refractivity contribution is 0.0474. The minimum atomic E-state index is -0.585. The van der Waals surface area contributed by atoms with Gasteiger partial charge in [0, 0.05) is 0 Å². The van der Waals surface area contributed by atoms with Crippen molar-refractivity contribution in [1.29, 1.82) is 0 Å². The molecule has 0 amide bonds. The van der Waals surface area contributed by atoms with Crippen molar-refractivity contribution in [3.05, 3.63) is 53.6 Å². The first kappa shape index (κ1) is 18.3. The predicted molar refractivity (Wildman–Crippen MR) is 91.8 cm³/mol. The van der Waals surface area contributed by atoms with Crippen LogP contribution in [0.15, 0.2) is 42.5 Å². The molecule has 0 aliphatic heterocycles. The summed E-state index contributed by atoms with van der Waals surface area (Å²) in [4.78, 5) is 24.4. The Morgan fingerprint density at radius 2 is 1.60 bits per heavy atom. The predicted octanol–water partition coefficient (Wildman–Crippen LogP) is 3.14. The maximum atomic E-state index is 12.3. The van der Waals surface area contributed by atoms with E-state index in [4.69, 9.17) is 18.9 Å². The lowest BCUT2D eigenvalue weighted by Gasteiger charge is -2.10. The van der Waals surface area contributed by atoms with Crippen LogP contribution < -0.4 is 14.2 Å². The molecule has 132 valence electrons. The first-order chi connectivity index (χ1) is 12.1. The number of esters is 1. The Balaban J connectivity index is 2.02. The van der Waals surface area contributed by atoms with Gasteiger partial charge in [0.15, 0.2) is 6.61 Å². The average Bonchev–Trinajstić information content (AvgIpc) is 2.66. The molecule has 2 aromatic carbocycles. The highest BCUT2D eigenvalue weighted by Gasteiger charge is 2.16. The largest absolute Gasteiger partial charge is 0.497 e. The van der Waals surface area contributed by atoms with Crippen molar-refractivity contribution in [2.75, 3.05) is 27.4 Å². The molecule has 6 heteroatoms. The summed E-state index contributed by atoms with van der Waals surface area (Å²) in [7, 11) is 2.96. The molecule has 0 aliphatic carbocycles. The summed E-state index contributed by atoms with van der Waals surface area (Å²) in [6, 6.07) is 11.4. The highest BCUT2D eigenvalue weighted by atomic mass is 16.5. The van der Waals surface area contributed by atoms with Crippen molar-refractivity contribution < 1.29 is 28.5 Å². The summed E-state index contributed by atoms with van der Waals surface area (Å²) in [5.41, 5.74) is 0.634. The van der Waals surface area contributed by atoms with Gasteiger partial charge in [-0.15, -0.1) is 0 Å². The molecular formula is C19H20O6. The highest BCUT2D eigenvalue weighted by Crippen LogP contribution is 2.24. The third-order valence-corrected chi connectivity index (χ3v) is 3.44. The molecule has 0 atom stereocenters. The quantitative estimate of drug-likeness (QED) is 0.541. The van der Waals surface area contributed by atoms with Crippen molar-refractivity contribution in [2.24, 2.45) is 0 Å². The molecule has 2 aromatic rings. The van der Waals surface area contributed by atoms with Crippen LogP contribution in [0.2, 0.25) is 0 Å². The van der Waals surface area contributed by atoms with Gasteiger partial charge in [-0.1, -0.05) is 0 Å². The lowest BCUT2D eigenvalue weighted by atomic mass is 10.1. The monoisotopic (exact) mass is 344 g/mol. The van der Waals surface area contributed by atoms with Gasteiger partial charge in [0.1, 0.15) is 17.2 Å². The molecule has 0 unspecified atom stereocenters. The molecule has 0 bridgehead atoms. The third-order valence-electron chi connectivity index (χ3n) is 3.44. The summed E-state index contributed by atoms with van der Waals surface area (Å²) >= 11 is 0. The van der Waals surface area contributed by atoms with E-state index in [9.17, 15) is 9.59 Å². The summed E-state index contributed by atoms with van der Waals surface area (Å²) in [5, 5.41) is 0. The zero-order chi connectivity index (χ0) is 18.2. The Morgan fingerprint density at radius 1 is 0.920 bits per heavy atom. The normalized spacial score (nSPS) is 10.0. The number of ketones is 1. The van der Waals surface area contributed by atoms with Crippen LogP contribution in [-0.4, -0.2) is 39.2 Å².